The molecule has 1 aliphatic rings. The van der Waals surface area contributed by atoms with Crippen LogP contribution in [0.15, 0.2) is 47.2 Å². The number of carbonyl (C=O) groups excluding carboxylic acids is 1. The third-order valence-corrected chi connectivity index (χ3v) is 3.76. The molecule has 1 aliphatic heterocycles. The molecule has 0 aliphatic carbocycles. The van der Waals surface area contributed by atoms with Crippen LogP contribution in [0.1, 0.15) is 21.8 Å². The number of hydrogen-bond donors (Lipinski definition) is 1. The van der Waals surface area contributed by atoms with Gasteiger partial charge in [0.25, 0.3) is 5.91 Å². The maximum absolute atomic E-state index is 12.2. The average molecular weight is 322 g/mol. The van der Waals surface area contributed by atoms with Gasteiger partial charge in [-0.05, 0) is 35.9 Å². The third-order valence-electron chi connectivity index (χ3n) is 3.76. The van der Waals surface area contributed by atoms with Gasteiger partial charge in [-0.25, -0.2) is 0 Å². The number of nitrogens with one attached hydrogen (secondary N) is 1. The first kappa shape index (κ1) is 14.4. The lowest BCUT2D eigenvalue weighted by atomic mass is 10.1. The normalized spacial score (nSPS) is 12.5. The lowest BCUT2D eigenvalue weighted by Gasteiger charge is -2.04. The van der Waals surface area contributed by atoms with Crippen LogP contribution in [-0.4, -0.2) is 27.6 Å². The molecule has 120 valence electrons. The molecular formula is C17H14N4O3. The zero-order chi connectivity index (χ0) is 16.4. The Balaban J connectivity index is 1.42. The van der Waals surface area contributed by atoms with Crippen molar-refractivity contribution >= 4 is 5.91 Å². The minimum absolute atomic E-state index is 0.171. The first-order valence-electron chi connectivity index (χ1n) is 7.56. The largest absolute Gasteiger partial charge is 0.493 e. The van der Waals surface area contributed by atoms with Gasteiger partial charge in [-0.2, -0.15) is 4.98 Å². The highest BCUT2D eigenvalue weighted by atomic mass is 16.5. The fourth-order valence-electron chi connectivity index (χ4n) is 2.53. The topological polar surface area (TPSA) is 90.1 Å². The minimum Gasteiger partial charge on any atom is -0.493 e. The van der Waals surface area contributed by atoms with Gasteiger partial charge in [0.2, 0.25) is 11.7 Å². The molecule has 0 saturated heterocycles. The Bertz CT molecular complexity index is 877. The lowest BCUT2D eigenvalue weighted by Crippen LogP contribution is -2.23. The third kappa shape index (κ3) is 2.83. The fraction of sp³-hybridized carbons (Fsp3) is 0.176. The van der Waals surface area contributed by atoms with E-state index < -0.39 is 0 Å². The average Bonchev–Trinajstić information content (AvgIpc) is 3.29. The van der Waals surface area contributed by atoms with E-state index in [2.05, 4.69) is 20.4 Å². The molecule has 1 aromatic carbocycles. The van der Waals surface area contributed by atoms with E-state index >= 15 is 0 Å². The monoisotopic (exact) mass is 322 g/mol. The van der Waals surface area contributed by atoms with Gasteiger partial charge in [0.05, 0.1) is 13.2 Å². The number of ether oxygens (including phenoxy) is 1. The maximum atomic E-state index is 12.2. The molecular weight excluding hydrogens is 308 g/mol. The smallest absolute Gasteiger partial charge is 0.251 e. The number of amides is 1. The fourth-order valence-corrected chi connectivity index (χ4v) is 2.53. The van der Waals surface area contributed by atoms with Crippen molar-refractivity contribution in [3.63, 3.8) is 0 Å². The predicted molar refractivity (Wildman–Crippen MR) is 84.3 cm³/mol. The Morgan fingerprint density at radius 1 is 1.21 bits per heavy atom. The SMILES string of the molecule is O=C(NCc1nc(-c2ccncc2)no1)c1ccc2c(c1)CCO2. The highest BCUT2D eigenvalue weighted by Gasteiger charge is 2.16. The van der Waals surface area contributed by atoms with Crippen molar-refractivity contribution in [2.24, 2.45) is 0 Å². The molecule has 0 bridgehead atoms. The summed E-state index contributed by atoms with van der Waals surface area (Å²) in [5, 5.41) is 6.69. The molecule has 3 aromatic rings. The molecule has 0 atom stereocenters. The van der Waals surface area contributed by atoms with Crippen molar-refractivity contribution < 1.29 is 14.1 Å². The number of fused-ring (bicyclic) bond motifs is 1. The van der Waals surface area contributed by atoms with Crippen molar-refractivity contribution in [3.05, 3.63) is 59.7 Å². The molecule has 0 spiro atoms. The van der Waals surface area contributed by atoms with Gasteiger partial charge < -0.3 is 14.6 Å². The summed E-state index contributed by atoms with van der Waals surface area (Å²) >= 11 is 0. The molecule has 0 radical (unpaired) electrons. The lowest BCUT2D eigenvalue weighted by molar-refractivity contribution is 0.0946. The highest BCUT2D eigenvalue weighted by molar-refractivity contribution is 5.94. The van der Waals surface area contributed by atoms with E-state index in [0.717, 1.165) is 23.3 Å². The van der Waals surface area contributed by atoms with Crippen LogP contribution in [0.4, 0.5) is 0 Å². The Morgan fingerprint density at radius 3 is 2.96 bits per heavy atom. The van der Waals surface area contributed by atoms with E-state index in [1.165, 1.54) is 0 Å². The van der Waals surface area contributed by atoms with Crippen molar-refractivity contribution in [2.45, 2.75) is 13.0 Å². The Labute approximate surface area is 137 Å². The quantitative estimate of drug-likeness (QED) is 0.790. The summed E-state index contributed by atoms with van der Waals surface area (Å²) in [5.41, 5.74) is 2.46. The maximum Gasteiger partial charge on any atom is 0.251 e. The summed E-state index contributed by atoms with van der Waals surface area (Å²) < 4.78 is 10.6. The van der Waals surface area contributed by atoms with Crippen LogP contribution in [0.25, 0.3) is 11.4 Å². The van der Waals surface area contributed by atoms with E-state index in [0.29, 0.717) is 23.9 Å². The Kier molecular flexibility index (Phi) is 3.66. The van der Waals surface area contributed by atoms with E-state index in [1.807, 2.05) is 12.1 Å². The van der Waals surface area contributed by atoms with Crippen molar-refractivity contribution in [1.29, 1.82) is 0 Å². The van der Waals surface area contributed by atoms with Gasteiger partial charge in [0.15, 0.2) is 0 Å². The Hall–Kier alpha value is -3.22. The van der Waals surface area contributed by atoms with Crippen molar-refractivity contribution in [3.8, 4) is 17.1 Å². The number of nitrogens with zero attached hydrogens (tertiary/aromatic N) is 3. The van der Waals surface area contributed by atoms with Crippen molar-refractivity contribution in [2.75, 3.05) is 6.61 Å². The zero-order valence-corrected chi connectivity index (χ0v) is 12.7. The number of aromatic nitrogens is 3. The Morgan fingerprint density at radius 2 is 2.08 bits per heavy atom. The minimum atomic E-state index is -0.187. The van der Waals surface area contributed by atoms with E-state index in [4.69, 9.17) is 9.26 Å². The second kappa shape index (κ2) is 6.11. The number of carbonyl (C=O) groups is 1. The highest BCUT2D eigenvalue weighted by Crippen LogP contribution is 2.25. The standard InChI is InChI=1S/C17H14N4O3/c22-17(13-1-2-14-12(9-13)5-8-23-14)19-10-15-20-16(21-24-15)11-3-6-18-7-4-11/h1-4,6-7,9H,5,8,10H2,(H,19,22). The summed E-state index contributed by atoms with van der Waals surface area (Å²) in [6, 6.07) is 9.01. The van der Waals surface area contributed by atoms with Crippen LogP contribution >= 0.6 is 0 Å². The number of rotatable bonds is 4. The molecule has 4 rings (SSSR count). The first-order valence-corrected chi connectivity index (χ1v) is 7.56. The predicted octanol–water partition coefficient (Wildman–Crippen LogP) is 2.00. The molecule has 0 saturated carbocycles. The zero-order valence-electron chi connectivity index (χ0n) is 12.7. The summed E-state index contributed by atoms with van der Waals surface area (Å²) in [7, 11) is 0. The second-order valence-corrected chi connectivity index (χ2v) is 5.35. The molecule has 0 unspecified atom stereocenters. The van der Waals surface area contributed by atoms with Crippen LogP contribution in [0.5, 0.6) is 5.75 Å². The van der Waals surface area contributed by atoms with Crippen LogP contribution < -0.4 is 10.1 Å². The van der Waals surface area contributed by atoms with Gasteiger partial charge in [-0.3, -0.25) is 9.78 Å². The first-order chi connectivity index (χ1) is 11.8. The number of benzene rings is 1. The summed E-state index contributed by atoms with van der Waals surface area (Å²) in [4.78, 5) is 20.5. The molecule has 2 aromatic heterocycles. The molecule has 0 fully saturated rings. The van der Waals surface area contributed by atoms with Gasteiger partial charge >= 0.3 is 0 Å². The molecule has 7 nitrogen and oxygen atoms in total. The summed E-state index contributed by atoms with van der Waals surface area (Å²) in [5.74, 6) is 1.48. The summed E-state index contributed by atoms with van der Waals surface area (Å²) in [6.07, 6.45) is 4.14. The molecule has 1 N–H and O–H groups in total. The van der Waals surface area contributed by atoms with Gasteiger partial charge in [0, 0.05) is 29.9 Å². The van der Waals surface area contributed by atoms with Gasteiger partial charge in [-0.15, -0.1) is 0 Å². The number of hydrogen-bond acceptors (Lipinski definition) is 6. The van der Waals surface area contributed by atoms with Gasteiger partial charge in [0.1, 0.15) is 5.75 Å². The number of pyridine rings is 1. The van der Waals surface area contributed by atoms with Crippen LogP contribution in [-0.2, 0) is 13.0 Å². The molecule has 24 heavy (non-hydrogen) atoms. The van der Waals surface area contributed by atoms with Crippen molar-refractivity contribution in [1.82, 2.24) is 20.4 Å². The molecule has 1 amide bonds. The van der Waals surface area contributed by atoms with Gasteiger partial charge in [-0.1, -0.05) is 5.16 Å². The van der Waals surface area contributed by atoms with Crippen LogP contribution in [0, 0.1) is 0 Å². The van der Waals surface area contributed by atoms with E-state index in [9.17, 15) is 4.79 Å². The molecule has 3 heterocycles. The second-order valence-electron chi connectivity index (χ2n) is 5.35. The summed E-state index contributed by atoms with van der Waals surface area (Å²) in [6.45, 7) is 0.838. The van der Waals surface area contributed by atoms with E-state index in [-0.39, 0.29) is 12.5 Å². The van der Waals surface area contributed by atoms with Crippen LogP contribution in [0.2, 0.25) is 0 Å². The van der Waals surface area contributed by atoms with E-state index in [1.54, 1.807) is 30.6 Å². The van der Waals surface area contributed by atoms with Crippen LogP contribution in [0.3, 0.4) is 0 Å². The molecule has 7 heteroatoms.